The summed E-state index contributed by atoms with van der Waals surface area (Å²) in [7, 11) is -2.43. The molecule has 0 unspecified atom stereocenters. The molecule has 0 aromatic heterocycles. The molecule has 0 amide bonds. The number of aryl methyl sites for hydroxylation is 1. The summed E-state index contributed by atoms with van der Waals surface area (Å²) in [6.07, 6.45) is 0. The van der Waals surface area contributed by atoms with Crippen molar-refractivity contribution < 1.29 is 17.9 Å². The van der Waals surface area contributed by atoms with Crippen LogP contribution >= 0.6 is 15.9 Å². The summed E-state index contributed by atoms with van der Waals surface area (Å²) >= 11 is 3.26. The van der Waals surface area contributed by atoms with Crippen molar-refractivity contribution in [1.29, 1.82) is 0 Å². The molecule has 0 radical (unpaired) electrons. The highest BCUT2D eigenvalue weighted by Gasteiger charge is 2.18. The number of hydrogen-bond donors (Lipinski definition) is 1. The molecule has 1 N–H and O–H groups in total. The topological polar surface area (TPSA) is 72.5 Å². The number of carbonyl (C=O) groups excluding carboxylic acids is 1. The zero-order chi connectivity index (χ0) is 16.3. The maximum absolute atomic E-state index is 12.4. The maximum Gasteiger partial charge on any atom is 0.337 e. The van der Waals surface area contributed by atoms with Crippen LogP contribution in [-0.2, 0) is 14.8 Å². The molecule has 0 atom stereocenters. The number of ether oxygens (including phenoxy) is 1. The summed E-state index contributed by atoms with van der Waals surface area (Å²) in [5, 5.41) is 0. The average molecular weight is 384 g/mol. The first kappa shape index (κ1) is 16.5. The normalized spacial score (nSPS) is 11.0. The monoisotopic (exact) mass is 383 g/mol. The van der Waals surface area contributed by atoms with Gasteiger partial charge >= 0.3 is 5.97 Å². The van der Waals surface area contributed by atoms with E-state index in [1.54, 1.807) is 12.1 Å². The summed E-state index contributed by atoms with van der Waals surface area (Å²) in [5.74, 6) is -0.476. The summed E-state index contributed by atoms with van der Waals surface area (Å²) < 4.78 is 32.3. The number of benzene rings is 2. The van der Waals surface area contributed by atoms with Gasteiger partial charge in [-0.05, 0) is 64.8 Å². The van der Waals surface area contributed by atoms with Crippen LogP contribution in [0.25, 0.3) is 0 Å². The Bertz CT molecular complexity index is 801. The molecule has 2 rings (SSSR count). The summed E-state index contributed by atoms with van der Waals surface area (Å²) in [4.78, 5) is 11.5. The average Bonchev–Trinajstić information content (AvgIpc) is 2.46. The van der Waals surface area contributed by atoms with Crippen molar-refractivity contribution >= 4 is 37.6 Å². The van der Waals surface area contributed by atoms with Crippen LogP contribution in [0, 0.1) is 6.92 Å². The quantitative estimate of drug-likeness (QED) is 0.821. The highest BCUT2D eigenvalue weighted by Crippen LogP contribution is 2.25. The van der Waals surface area contributed by atoms with Gasteiger partial charge in [-0.25, -0.2) is 13.2 Å². The second-order valence-electron chi connectivity index (χ2n) is 4.61. The Morgan fingerprint density at radius 2 is 1.77 bits per heavy atom. The molecule has 0 heterocycles. The minimum Gasteiger partial charge on any atom is -0.465 e. The van der Waals surface area contributed by atoms with Gasteiger partial charge in [-0.1, -0.05) is 6.07 Å². The van der Waals surface area contributed by atoms with E-state index in [2.05, 4.69) is 25.4 Å². The van der Waals surface area contributed by atoms with Crippen LogP contribution in [0.2, 0.25) is 0 Å². The molecule has 5 nitrogen and oxygen atoms in total. The zero-order valence-corrected chi connectivity index (χ0v) is 14.4. The van der Waals surface area contributed by atoms with E-state index in [4.69, 9.17) is 0 Å². The van der Waals surface area contributed by atoms with Crippen LogP contribution in [0.4, 0.5) is 5.69 Å². The van der Waals surface area contributed by atoms with Crippen LogP contribution in [0.1, 0.15) is 15.9 Å². The SMILES string of the molecule is COC(=O)c1ccc(NS(=O)(=O)c2ccc(C)cc2Br)cc1. The Hall–Kier alpha value is -1.86. The Morgan fingerprint density at radius 1 is 1.14 bits per heavy atom. The smallest absolute Gasteiger partial charge is 0.337 e. The lowest BCUT2D eigenvalue weighted by Crippen LogP contribution is -2.13. The molecule has 0 aliphatic rings. The van der Waals surface area contributed by atoms with Gasteiger partial charge in [0.15, 0.2) is 0 Å². The van der Waals surface area contributed by atoms with Gasteiger partial charge in [-0.3, -0.25) is 4.72 Å². The van der Waals surface area contributed by atoms with Gasteiger partial charge < -0.3 is 4.74 Å². The van der Waals surface area contributed by atoms with Gasteiger partial charge in [0.25, 0.3) is 10.0 Å². The molecule has 2 aromatic carbocycles. The van der Waals surface area contributed by atoms with Crippen molar-refractivity contribution in [2.45, 2.75) is 11.8 Å². The van der Waals surface area contributed by atoms with Crippen molar-refractivity contribution in [2.24, 2.45) is 0 Å². The number of carbonyl (C=O) groups is 1. The molecule has 2 aromatic rings. The molecule has 7 heteroatoms. The second kappa shape index (κ2) is 6.50. The van der Waals surface area contributed by atoms with Crippen molar-refractivity contribution in [3.8, 4) is 0 Å². The lowest BCUT2D eigenvalue weighted by molar-refractivity contribution is 0.0601. The third kappa shape index (κ3) is 3.66. The first-order chi connectivity index (χ1) is 10.3. The standard InChI is InChI=1S/C15H14BrNO4S/c1-10-3-8-14(13(16)9-10)22(19,20)17-12-6-4-11(5-7-12)15(18)21-2/h3-9,17H,1-2H3. The van der Waals surface area contributed by atoms with Gasteiger partial charge in [0.1, 0.15) is 4.90 Å². The van der Waals surface area contributed by atoms with Crippen LogP contribution in [0.15, 0.2) is 51.8 Å². The van der Waals surface area contributed by atoms with E-state index in [-0.39, 0.29) is 4.90 Å². The molecular weight excluding hydrogens is 370 g/mol. The molecule has 0 aliphatic carbocycles. The Balaban J connectivity index is 2.27. The summed E-state index contributed by atoms with van der Waals surface area (Å²) in [5.41, 5.74) is 1.66. The lowest BCUT2D eigenvalue weighted by atomic mass is 10.2. The van der Waals surface area contributed by atoms with E-state index < -0.39 is 16.0 Å². The lowest BCUT2D eigenvalue weighted by Gasteiger charge is -2.10. The fraction of sp³-hybridized carbons (Fsp3) is 0.133. The molecule has 0 fully saturated rings. The minimum absolute atomic E-state index is 0.148. The van der Waals surface area contributed by atoms with Gasteiger partial charge in [-0.2, -0.15) is 0 Å². The fourth-order valence-corrected chi connectivity index (χ4v) is 4.08. The van der Waals surface area contributed by atoms with Gasteiger partial charge in [0.2, 0.25) is 0 Å². The van der Waals surface area contributed by atoms with Crippen molar-refractivity contribution in [2.75, 3.05) is 11.8 Å². The van der Waals surface area contributed by atoms with E-state index in [1.807, 2.05) is 6.92 Å². The number of hydrogen-bond acceptors (Lipinski definition) is 4. The molecule has 0 aliphatic heterocycles. The molecular formula is C15H14BrNO4S. The van der Waals surface area contributed by atoms with E-state index in [9.17, 15) is 13.2 Å². The zero-order valence-electron chi connectivity index (χ0n) is 12.0. The number of sulfonamides is 1. The Labute approximate surface area is 137 Å². The maximum atomic E-state index is 12.4. The van der Waals surface area contributed by atoms with E-state index in [0.717, 1.165) is 5.56 Å². The molecule has 22 heavy (non-hydrogen) atoms. The first-order valence-corrected chi connectivity index (χ1v) is 8.58. The predicted molar refractivity (Wildman–Crippen MR) is 87.5 cm³/mol. The minimum atomic E-state index is -3.71. The van der Waals surface area contributed by atoms with Crippen molar-refractivity contribution in [3.05, 3.63) is 58.1 Å². The molecule has 0 bridgehead atoms. The highest BCUT2D eigenvalue weighted by molar-refractivity contribution is 9.10. The van der Waals surface area contributed by atoms with E-state index in [0.29, 0.717) is 15.7 Å². The number of esters is 1. The molecule has 0 spiro atoms. The Kier molecular flexibility index (Phi) is 4.87. The van der Waals surface area contributed by atoms with E-state index in [1.165, 1.54) is 37.4 Å². The first-order valence-electron chi connectivity index (χ1n) is 6.31. The number of methoxy groups -OCH3 is 1. The van der Waals surface area contributed by atoms with Crippen LogP contribution in [0.5, 0.6) is 0 Å². The number of halogens is 1. The third-order valence-electron chi connectivity index (χ3n) is 2.94. The van der Waals surface area contributed by atoms with Crippen molar-refractivity contribution in [1.82, 2.24) is 0 Å². The molecule has 0 saturated heterocycles. The molecule has 116 valence electrons. The van der Waals surface area contributed by atoms with Crippen molar-refractivity contribution in [3.63, 3.8) is 0 Å². The van der Waals surface area contributed by atoms with E-state index >= 15 is 0 Å². The predicted octanol–water partition coefficient (Wildman–Crippen LogP) is 3.34. The fourth-order valence-electron chi connectivity index (χ4n) is 1.83. The largest absolute Gasteiger partial charge is 0.465 e. The number of rotatable bonds is 4. The van der Waals surface area contributed by atoms with Gasteiger partial charge in [-0.15, -0.1) is 0 Å². The second-order valence-corrected chi connectivity index (χ2v) is 7.11. The summed E-state index contributed by atoms with van der Waals surface area (Å²) in [6, 6.07) is 11.0. The summed E-state index contributed by atoms with van der Waals surface area (Å²) in [6.45, 7) is 1.88. The van der Waals surface area contributed by atoms with Crippen LogP contribution in [-0.4, -0.2) is 21.5 Å². The van der Waals surface area contributed by atoms with Gasteiger partial charge in [0, 0.05) is 10.2 Å². The van der Waals surface area contributed by atoms with Gasteiger partial charge in [0.05, 0.1) is 12.7 Å². The number of anilines is 1. The van der Waals surface area contributed by atoms with Crippen LogP contribution in [0.3, 0.4) is 0 Å². The molecule has 0 saturated carbocycles. The Morgan fingerprint density at radius 3 is 2.32 bits per heavy atom. The number of nitrogens with one attached hydrogen (secondary N) is 1. The third-order valence-corrected chi connectivity index (χ3v) is 5.29. The van der Waals surface area contributed by atoms with Crippen LogP contribution < -0.4 is 4.72 Å². The highest BCUT2D eigenvalue weighted by atomic mass is 79.9.